The van der Waals surface area contributed by atoms with E-state index in [2.05, 4.69) is 9.47 Å². The van der Waals surface area contributed by atoms with Gasteiger partial charge in [0.1, 0.15) is 18.8 Å². The molecular weight excluding hydrogens is 408 g/mol. The predicted molar refractivity (Wildman–Crippen MR) is 97.3 cm³/mol. The molecule has 0 aliphatic carbocycles. The lowest BCUT2D eigenvalue weighted by Crippen LogP contribution is -2.37. The molecule has 0 N–H and O–H groups in total. The Balaban J connectivity index is 3.04. The fourth-order valence-electron chi connectivity index (χ4n) is 2.02. The first kappa shape index (κ1) is 24.1. The second kappa shape index (κ2) is 11.8. The van der Waals surface area contributed by atoms with Gasteiger partial charge in [-0.15, -0.1) is 0 Å². The first-order valence-electron chi connectivity index (χ1n) is 8.29. The molecule has 30 heavy (non-hydrogen) atoms. The zero-order chi connectivity index (χ0) is 22.7. The molecule has 0 heterocycles. The molecular formula is C17H20N2O11. The Labute approximate surface area is 170 Å². The van der Waals surface area contributed by atoms with Crippen molar-refractivity contribution < 1.29 is 47.8 Å². The number of nitro groups is 1. The average Bonchev–Trinajstić information content (AvgIpc) is 2.66. The summed E-state index contributed by atoms with van der Waals surface area (Å²) in [6.07, 6.45) is 0. The summed E-state index contributed by atoms with van der Waals surface area (Å²) in [4.78, 5) is 57.1. The molecule has 0 saturated heterocycles. The monoisotopic (exact) mass is 428 g/mol. The average molecular weight is 428 g/mol. The topological polar surface area (TPSA) is 161 Å². The van der Waals surface area contributed by atoms with Crippen LogP contribution in [0.4, 0.5) is 11.4 Å². The van der Waals surface area contributed by atoms with Gasteiger partial charge >= 0.3 is 23.9 Å². The highest BCUT2D eigenvalue weighted by molar-refractivity contribution is 5.83. The predicted octanol–water partition coefficient (Wildman–Crippen LogP) is 0.537. The second-order valence-corrected chi connectivity index (χ2v) is 5.51. The van der Waals surface area contributed by atoms with Gasteiger partial charge in [-0.2, -0.15) is 0 Å². The Morgan fingerprint density at radius 3 is 1.83 bits per heavy atom. The van der Waals surface area contributed by atoms with Crippen molar-refractivity contribution >= 4 is 35.3 Å². The molecule has 1 aromatic carbocycles. The van der Waals surface area contributed by atoms with E-state index in [1.165, 1.54) is 19.2 Å². The van der Waals surface area contributed by atoms with Crippen molar-refractivity contribution in [2.75, 3.05) is 38.7 Å². The number of nitrogens with zero attached hydrogens (tertiary/aromatic N) is 2. The summed E-state index contributed by atoms with van der Waals surface area (Å²) in [5.74, 6) is -3.03. The van der Waals surface area contributed by atoms with Gasteiger partial charge in [0.25, 0.3) is 5.69 Å². The van der Waals surface area contributed by atoms with Crippen LogP contribution in [-0.2, 0) is 38.1 Å². The van der Waals surface area contributed by atoms with Crippen LogP contribution < -0.4 is 9.64 Å². The molecule has 1 aromatic rings. The van der Waals surface area contributed by atoms with Crippen molar-refractivity contribution in [1.82, 2.24) is 0 Å². The van der Waals surface area contributed by atoms with E-state index in [1.54, 1.807) is 0 Å². The number of ether oxygens (including phenoxy) is 5. The number of benzene rings is 1. The highest BCUT2D eigenvalue weighted by Crippen LogP contribution is 2.32. The molecule has 13 heteroatoms. The third-order valence-electron chi connectivity index (χ3n) is 3.32. The smallest absolute Gasteiger partial charge is 0.328 e. The van der Waals surface area contributed by atoms with Gasteiger partial charge in [0.2, 0.25) is 13.6 Å². The third-order valence-corrected chi connectivity index (χ3v) is 3.32. The number of carbonyl (C=O) groups excluding carboxylic acids is 4. The molecule has 0 fully saturated rings. The van der Waals surface area contributed by atoms with Gasteiger partial charge in [0.05, 0.1) is 17.7 Å². The first-order chi connectivity index (χ1) is 14.1. The van der Waals surface area contributed by atoms with Crippen LogP contribution in [-0.4, -0.2) is 62.6 Å². The lowest BCUT2D eigenvalue weighted by molar-refractivity contribution is -0.384. The molecule has 0 saturated carbocycles. The lowest BCUT2D eigenvalue weighted by Gasteiger charge is -2.24. The third kappa shape index (κ3) is 8.41. The maximum atomic E-state index is 12.1. The fourth-order valence-corrected chi connectivity index (χ4v) is 2.02. The standard InChI is InChI=1S/C17H20N2O11/c1-11(20)27-9-29-16(22)7-18(8-17(23)30-10-28-12(2)21)14-6-13(19(24)25)4-5-15(14)26-3/h4-6H,7-10H2,1-3H3. The first-order valence-corrected chi connectivity index (χ1v) is 8.29. The van der Waals surface area contributed by atoms with Crippen LogP contribution in [0.25, 0.3) is 0 Å². The summed E-state index contributed by atoms with van der Waals surface area (Å²) in [6, 6.07) is 3.56. The summed E-state index contributed by atoms with van der Waals surface area (Å²) in [5, 5.41) is 11.1. The molecule has 164 valence electrons. The van der Waals surface area contributed by atoms with Crippen molar-refractivity contribution in [2.45, 2.75) is 13.8 Å². The van der Waals surface area contributed by atoms with Gasteiger partial charge in [0.15, 0.2) is 0 Å². The zero-order valence-corrected chi connectivity index (χ0v) is 16.4. The quantitative estimate of drug-likeness (QED) is 0.208. The SMILES string of the molecule is COc1ccc([N+](=O)[O-])cc1N(CC(=O)OCOC(C)=O)CC(=O)OCOC(C)=O. The summed E-state index contributed by atoms with van der Waals surface area (Å²) in [5.41, 5.74) is -0.294. The molecule has 0 atom stereocenters. The van der Waals surface area contributed by atoms with Crippen LogP contribution >= 0.6 is 0 Å². The van der Waals surface area contributed by atoms with Gasteiger partial charge in [0, 0.05) is 26.0 Å². The molecule has 0 aliphatic rings. The van der Waals surface area contributed by atoms with Gasteiger partial charge in [-0.05, 0) is 6.07 Å². The van der Waals surface area contributed by atoms with Crippen LogP contribution in [0, 0.1) is 10.1 Å². The van der Waals surface area contributed by atoms with Crippen molar-refractivity contribution in [3.05, 3.63) is 28.3 Å². The number of anilines is 1. The number of hydrogen-bond donors (Lipinski definition) is 0. The van der Waals surface area contributed by atoms with Gasteiger partial charge < -0.3 is 28.6 Å². The Kier molecular flexibility index (Phi) is 9.52. The van der Waals surface area contributed by atoms with Gasteiger partial charge in [-0.1, -0.05) is 0 Å². The van der Waals surface area contributed by atoms with Gasteiger partial charge in [-0.25, -0.2) is 0 Å². The molecule has 0 aromatic heterocycles. The Morgan fingerprint density at radius 1 is 0.933 bits per heavy atom. The summed E-state index contributed by atoms with van der Waals surface area (Å²) in [6.45, 7) is -0.195. The minimum Gasteiger partial charge on any atom is -0.495 e. The highest BCUT2D eigenvalue weighted by atomic mass is 16.7. The van der Waals surface area contributed by atoms with Gasteiger partial charge in [-0.3, -0.25) is 29.3 Å². The number of esters is 4. The van der Waals surface area contributed by atoms with E-state index >= 15 is 0 Å². The van der Waals surface area contributed by atoms with Crippen molar-refractivity contribution in [3.8, 4) is 5.75 Å². The Bertz CT molecular complexity index is 775. The van der Waals surface area contributed by atoms with E-state index < -0.39 is 55.5 Å². The Hall–Kier alpha value is -3.90. The molecule has 0 radical (unpaired) electrons. The highest BCUT2D eigenvalue weighted by Gasteiger charge is 2.23. The summed E-state index contributed by atoms with van der Waals surface area (Å²) >= 11 is 0. The van der Waals surface area contributed by atoms with E-state index in [1.807, 2.05) is 0 Å². The number of hydrogen-bond acceptors (Lipinski definition) is 12. The molecule has 1 rings (SSSR count). The second-order valence-electron chi connectivity index (χ2n) is 5.51. The molecule has 0 amide bonds. The van der Waals surface area contributed by atoms with Crippen molar-refractivity contribution in [2.24, 2.45) is 0 Å². The number of non-ortho nitro benzene ring substituents is 1. The fraction of sp³-hybridized carbons (Fsp3) is 0.412. The molecule has 0 bridgehead atoms. The molecule has 0 spiro atoms. The number of methoxy groups -OCH3 is 1. The lowest BCUT2D eigenvalue weighted by atomic mass is 10.2. The zero-order valence-electron chi connectivity index (χ0n) is 16.4. The number of rotatable bonds is 11. The minimum atomic E-state index is -0.905. The normalized spacial score (nSPS) is 9.83. The van der Waals surface area contributed by atoms with Crippen LogP contribution in [0.1, 0.15) is 13.8 Å². The minimum absolute atomic E-state index is 0.0283. The van der Waals surface area contributed by atoms with Crippen LogP contribution in [0.5, 0.6) is 5.75 Å². The van der Waals surface area contributed by atoms with Crippen LogP contribution in [0.3, 0.4) is 0 Å². The molecule has 13 nitrogen and oxygen atoms in total. The van der Waals surface area contributed by atoms with E-state index in [9.17, 15) is 29.3 Å². The summed E-state index contributed by atoms with van der Waals surface area (Å²) in [7, 11) is 1.29. The van der Waals surface area contributed by atoms with Crippen molar-refractivity contribution in [3.63, 3.8) is 0 Å². The maximum absolute atomic E-state index is 12.1. The maximum Gasteiger partial charge on any atom is 0.328 e. The van der Waals surface area contributed by atoms with Crippen LogP contribution in [0.2, 0.25) is 0 Å². The summed E-state index contributed by atoms with van der Waals surface area (Å²) < 4.78 is 23.6. The van der Waals surface area contributed by atoms with Crippen LogP contribution in [0.15, 0.2) is 18.2 Å². The Morgan fingerprint density at radius 2 is 1.43 bits per heavy atom. The van der Waals surface area contributed by atoms with E-state index in [0.717, 1.165) is 24.8 Å². The van der Waals surface area contributed by atoms with E-state index in [-0.39, 0.29) is 17.1 Å². The van der Waals surface area contributed by atoms with E-state index in [4.69, 9.17) is 14.2 Å². The largest absolute Gasteiger partial charge is 0.495 e. The molecule has 0 unspecified atom stereocenters. The molecule has 0 aliphatic heterocycles. The van der Waals surface area contributed by atoms with Crippen molar-refractivity contribution in [1.29, 1.82) is 0 Å². The number of carbonyl (C=O) groups is 4. The number of nitro benzene ring substituents is 1. The van der Waals surface area contributed by atoms with E-state index in [0.29, 0.717) is 0 Å².